The van der Waals surface area contributed by atoms with Crippen LogP contribution >= 0.6 is 0 Å². The summed E-state index contributed by atoms with van der Waals surface area (Å²) in [6, 6.07) is 9.05. The molecule has 96 valence electrons. The molecule has 0 amide bonds. The highest BCUT2D eigenvalue weighted by Gasteiger charge is 2.22. The second kappa shape index (κ2) is 5.75. The number of aliphatic hydroxyl groups is 1. The molecule has 1 aromatic carbocycles. The first-order chi connectivity index (χ1) is 8.72. The Morgan fingerprint density at radius 3 is 2.67 bits per heavy atom. The van der Waals surface area contributed by atoms with Gasteiger partial charge in [0.05, 0.1) is 0 Å². The molecule has 18 heavy (non-hydrogen) atoms. The highest BCUT2D eigenvalue weighted by atomic mass is 16.4. The van der Waals surface area contributed by atoms with Crippen LogP contribution in [-0.2, 0) is 0 Å². The Kier molecular flexibility index (Phi) is 4.07. The minimum Gasteiger partial charge on any atom is -0.418 e. The summed E-state index contributed by atoms with van der Waals surface area (Å²) < 4.78 is 5.45. The zero-order valence-electron chi connectivity index (χ0n) is 10.3. The molecule has 1 heterocycles. The standard InChI is InChI=1S/C13H17N3O2/c1-2-6-10(14)11(17)13-16-15-12(18-13)9-7-4-3-5-8-9/h3-5,7-8,10-11,17H,2,6,14H2,1H3/t10?,11-/m0/s1. The van der Waals surface area contributed by atoms with Crippen LogP contribution in [0.5, 0.6) is 0 Å². The van der Waals surface area contributed by atoms with Crippen molar-refractivity contribution in [3.8, 4) is 11.5 Å². The number of hydrogen-bond acceptors (Lipinski definition) is 5. The number of hydrogen-bond donors (Lipinski definition) is 2. The van der Waals surface area contributed by atoms with Crippen LogP contribution in [0.1, 0.15) is 31.8 Å². The van der Waals surface area contributed by atoms with E-state index in [2.05, 4.69) is 10.2 Å². The minimum absolute atomic E-state index is 0.176. The maximum Gasteiger partial charge on any atom is 0.247 e. The SMILES string of the molecule is CCCC(N)[C@H](O)c1nnc(-c2ccccc2)o1. The van der Waals surface area contributed by atoms with Crippen molar-refractivity contribution < 1.29 is 9.52 Å². The first-order valence-corrected chi connectivity index (χ1v) is 6.05. The van der Waals surface area contributed by atoms with Crippen LogP contribution in [0, 0.1) is 0 Å². The van der Waals surface area contributed by atoms with E-state index in [1.807, 2.05) is 37.3 Å². The van der Waals surface area contributed by atoms with E-state index >= 15 is 0 Å². The Morgan fingerprint density at radius 2 is 2.00 bits per heavy atom. The molecule has 3 N–H and O–H groups in total. The van der Waals surface area contributed by atoms with Gasteiger partial charge in [-0.2, -0.15) is 0 Å². The average molecular weight is 247 g/mol. The number of rotatable bonds is 5. The lowest BCUT2D eigenvalue weighted by atomic mass is 10.1. The van der Waals surface area contributed by atoms with Gasteiger partial charge in [0.25, 0.3) is 0 Å². The fourth-order valence-electron chi connectivity index (χ4n) is 1.73. The molecule has 2 rings (SSSR count). The molecule has 0 fully saturated rings. The van der Waals surface area contributed by atoms with Gasteiger partial charge >= 0.3 is 0 Å². The molecule has 0 spiro atoms. The molecule has 1 aromatic heterocycles. The Morgan fingerprint density at radius 1 is 1.28 bits per heavy atom. The molecule has 0 radical (unpaired) electrons. The number of aliphatic hydroxyl groups excluding tert-OH is 1. The molecule has 5 heteroatoms. The first kappa shape index (κ1) is 12.7. The quantitative estimate of drug-likeness (QED) is 0.842. The van der Waals surface area contributed by atoms with Gasteiger partial charge in [0.1, 0.15) is 6.10 Å². The van der Waals surface area contributed by atoms with Crippen LogP contribution in [0.4, 0.5) is 0 Å². The molecule has 0 saturated carbocycles. The molecule has 2 atom stereocenters. The number of benzene rings is 1. The molecule has 1 unspecified atom stereocenters. The molecule has 0 bridgehead atoms. The normalized spacial score (nSPS) is 14.4. The molecule has 2 aromatic rings. The summed E-state index contributed by atoms with van der Waals surface area (Å²) in [7, 11) is 0. The highest BCUT2D eigenvalue weighted by molar-refractivity contribution is 5.51. The number of aromatic nitrogens is 2. The van der Waals surface area contributed by atoms with Gasteiger partial charge in [-0.15, -0.1) is 10.2 Å². The van der Waals surface area contributed by atoms with Crippen molar-refractivity contribution >= 4 is 0 Å². The van der Waals surface area contributed by atoms with E-state index in [9.17, 15) is 5.11 Å². The van der Waals surface area contributed by atoms with E-state index < -0.39 is 6.10 Å². The predicted molar refractivity (Wildman–Crippen MR) is 67.6 cm³/mol. The third-order valence-electron chi connectivity index (χ3n) is 2.74. The van der Waals surface area contributed by atoms with Crippen molar-refractivity contribution in [2.24, 2.45) is 5.73 Å². The molecule has 0 aliphatic rings. The molecule has 0 aliphatic heterocycles. The first-order valence-electron chi connectivity index (χ1n) is 6.05. The number of nitrogens with two attached hydrogens (primary N) is 1. The summed E-state index contributed by atoms with van der Waals surface area (Å²) in [5.74, 6) is 0.572. The zero-order valence-corrected chi connectivity index (χ0v) is 10.3. The van der Waals surface area contributed by atoms with Gasteiger partial charge in [-0.05, 0) is 18.6 Å². The summed E-state index contributed by atoms with van der Waals surface area (Å²) in [6.07, 6.45) is 0.706. The summed E-state index contributed by atoms with van der Waals surface area (Å²) in [6.45, 7) is 2.01. The topological polar surface area (TPSA) is 85.2 Å². The van der Waals surface area contributed by atoms with Crippen LogP contribution in [0.2, 0.25) is 0 Å². The van der Waals surface area contributed by atoms with Crippen LogP contribution in [0.25, 0.3) is 11.5 Å². The summed E-state index contributed by atoms with van der Waals surface area (Å²) in [5, 5.41) is 17.7. The summed E-state index contributed by atoms with van der Waals surface area (Å²) in [5.41, 5.74) is 6.66. The fraction of sp³-hybridized carbons (Fsp3) is 0.385. The van der Waals surface area contributed by atoms with E-state index in [4.69, 9.17) is 10.2 Å². The summed E-state index contributed by atoms with van der Waals surface area (Å²) in [4.78, 5) is 0. The van der Waals surface area contributed by atoms with Gasteiger partial charge in [0, 0.05) is 11.6 Å². The third kappa shape index (κ3) is 2.75. The smallest absolute Gasteiger partial charge is 0.247 e. The Bertz CT molecular complexity index is 484. The van der Waals surface area contributed by atoms with Crippen LogP contribution < -0.4 is 5.73 Å². The predicted octanol–water partition coefficient (Wildman–Crippen LogP) is 1.90. The van der Waals surface area contributed by atoms with E-state index in [0.29, 0.717) is 12.3 Å². The van der Waals surface area contributed by atoms with Gasteiger partial charge in [0.2, 0.25) is 11.8 Å². The Balaban J connectivity index is 2.15. The van der Waals surface area contributed by atoms with Crippen molar-refractivity contribution in [1.29, 1.82) is 0 Å². The largest absolute Gasteiger partial charge is 0.418 e. The zero-order chi connectivity index (χ0) is 13.0. The number of nitrogens with zero attached hydrogens (tertiary/aromatic N) is 2. The van der Waals surface area contributed by atoms with Crippen LogP contribution in [0.15, 0.2) is 34.7 Å². The molecule has 5 nitrogen and oxygen atoms in total. The van der Waals surface area contributed by atoms with E-state index in [1.165, 1.54) is 0 Å². The van der Waals surface area contributed by atoms with Gasteiger partial charge in [-0.3, -0.25) is 0 Å². The van der Waals surface area contributed by atoms with Gasteiger partial charge in [-0.1, -0.05) is 31.5 Å². The fourth-order valence-corrected chi connectivity index (χ4v) is 1.73. The molecule has 0 saturated heterocycles. The highest BCUT2D eigenvalue weighted by Crippen LogP contribution is 2.22. The maximum atomic E-state index is 9.96. The molecule has 0 aliphatic carbocycles. The minimum atomic E-state index is -0.907. The van der Waals surface area contributed by atoms with Crippen molar-refractivity contribution in [2.45, 2.75) is 31.9 Å². The monoisotopic (exact) mass is 247 g/mol. The second-order valence-electron chi connectivity index (χ2n) is 4.21. The second-order valence-corrected chi connectivity index (χ2v) is 4.21. The Hall–Kier alpha value is -1.72. The van der Waals surface area contributed by atoms with Gasteiger partial charge in [0.15, 0.2) is 0 Å². The van der Waals surface area contributed by atoms with E-state index in [-0.39, 0.29) is 11.9 Å². The van der Waals surface area contributed by atoms with E-state index in [0.717, 1.165) is 12.0 Å². The lowest BCUT2D eigenvalue weighted by Gasteiger charge is -2.13. The van der Waals surface area contributed by atoms with E-state index in [1.54, 1.807) is 0 Å². The maximum absolute atomic E-state index is 9.96. The van der Waals surface area contributed by atoms with Gasteiger partial charge in [-0.25, -0.2) is 0 Å². The van der Waals surface area contributed by atoms with Crippen molar-refractivity contribution in [3.63, 3.8) is 0 Å². The van der Waals surface area contributed by atoms with Crippen molar-refractivity contribution in [2.75, 3.05) is 0 Å². The summed E-state index contributed by atoms with van der Waals surface area (Å²) >= 11 is 0. The average Bonchev–Trinajstić information content (AvgIpc) is 2.89. The third-order valence-corrected chi connectivity index (χ3v) is 2.74. The van der Waals surface area contributed by atoms with Gasteiger partial charge < -0.3 is 15.3 Å². The lowest BCUT2D eigenvalue weighted by molar-refractivity contribution is 0.112. The molecular weight excluding hydrogens is 230 g/mol. The van der Waals surface area contributed by atoms with Crippen LogP contribution in [-0.4, -0.2) is 21.3 Å². The van der Waals surface area contributed by atoms with Crippen molar-refractivity contribution in [3.05, 3.63) is 36.2 Å². The lowest BCUT2D eigenvalue weighted by Crippen LogP contribution is -2.28. The molecular formula is C13H17N3O2. The van der Waals surface area contributed by atoms with Crippen molar-refractivity contribution in [1.82, 2.24) is 10.2 Å². The van der Waals surface area contributed by atoms with Crippen LogP contribution in [0.3, 0.4) is 0 Å². The Labute approximate surface area is 106 Å².